The Hall–Kier alpha value is -2.65. The van der Waals surface area contributed by atoms with E-state index in [1.807, 2.05) is 0 Å². The van der Waals surface area contributed by atoms with Gasteiger partial charge in [0, 0.05) is 52.0 Å². The van der Waals surface area contributed by atoms with Crippen molar-refractivity contribution < 1.29 is 24.0 Å². The van der Waals surface area contributed by atoms with E-state index in [-0.39, 0.29) is 54.1 Å². The Balaban J connectivity index is 1.48. The summed E-state index contributed by atoms with van der Waals surface area (Å²) in [5.41, 5.74) is 0. The molecular formula is C20H29N5O5. The van der Waals surface area contributed by atoms with Crippen LogP contribution in [0.15, 0.2) is 0 Å². The van der Waals surface area contributed by atoms with Crippen molar-refractivity contribution in [3.05, 3.63) is 0 Å². The lowest BCUT2D eigenvalue weighted by atomic mass is 9.94. The Morgan fingerprint density at radius 2 is 1.73 bits per heavy atom. The zero-order valence-corrected chi connectivity index (χ0v) is 17.4. The summed E-state index contributed by atoms with van der Waals surface area (Å²) < 4.78 is 0. The SMILES string of the molecule is CC(=O)NC1CC2C(=O)NC3CCN(C(=O)C4CCN(C(C)=O)CC4)C3C(=O)N2C1. The Bertz CT molecular complexity index is 778. The Labute approximate surface area is 175 Å². The summed E-state index contributed by atoms with van der Waals surface area (Å²) in [6.07, 6.45) is 2.11. The maximum atomic E-state index is 13.4. The van der Waals surface area contributed by atoms with Gasteiger partial charge in [0.05, 0.1) is 6.04 Å². The van der Waals surface area contributed by atoms with Crippen molar-refractivity contribution in [2.24, 2.45) is 5.92 Å². The van der Waals surface area contributed by atoms with Crippen LogP contribution < -0.4 is 10.6 Å². The van der Waals surface area contributed by atoms with Crippen LogP contribution in [-0.2, 0) is 24.0 Å². The molecule has 0 aromatic rings. The first-order chi connectivity index (χ1) is 14.3. The molecule has 164 valence electrons. The molecule has 4 aliphatic rings. The molecule has 0 radical (unpaired) electrons. The largest absolute Gasteiger partial charge is 0.352 e. The predicted octanol–water partition coefficient (Wildman–Crippen LogP) is -1.55. The van der Waals surface area contributed by atoms with E-state index in [4.69, 9.17) is 0 Å². The molecule has 0 aliphatic carbocycles. The van der Waals surface area contributed by atoms with Crippen molar-refractivity contribution in [2.45, 2.75) is 63.7 Å². The summed E-state index contributed by atoms with van der Waals surface area (Å²) in [5, 5.41) is 5.76. The summed E-state index contributed by atoms with van der Waals surface area (Å²) >= 11 is 0. The number of hydrogen-bond acceptors (Lipinski definition) is 5. The number of amides is 5. The zero-order chi connectivity index (χ0) is 21.6. The first-order valence-corrected chi connectivity index (χ1v) is 10.7. The van der Waals surface area contributed by atoms with Crippen LogP contribution in [0.5, 0.6) is 0 Å². The number of rotatable bonds is 2. The van der Waals surface area contributed by atoms with Crippen molar-refractivity contribution in [3.8, 4) is 0 Å². The minimum absolute atomic E-state index is 0.0117. The third kappa shape index (κ3) is 3.63. The van der Waals surface area contributed by atoms with Gasteiger partial charge in [-0.1, -0.05) is 0 Å². The number of piperidine rings is 1. The Kier molecular flexibility index (Phi) is 5.42. The number of fused-ring (bicyclic) bond motifs is 2. The van der Waals surface area contributed by atoms with Crippen LogP contribution in [0.2, 0.25) is 0 Å². The van der Waals surface area contributed by atoms with Crippen LogP contribution in [0, 0.1) is 5.92 Å². The van der Waals surface area contributed by atoms with E-state index in [0.29, 0.717) is 45.3 Å². The molecule has 0 spiro atoms. The smallest absolute Gasteiger partial charge is 0.248 e. The molecule has 4 saturated heterocycles. The van der Waals surface area contributed by atoms with Gasteiger partial charge < -0.3 is 25.3 Å². The minimum Gasteiger partial charge on any atom is -0.352 e. The van der Waals surface area contributed by atoms with Gasteiger partial charge in [0.15, 0.2) is 0 Å². The van der Waals surface area contributed by atoms with Crippen molar-refractivity contribution in [1.82, 2.24) is 25.3 Å². The van der Waals surface area contributed by atoms with Gasteiger partial charge in [0.2, 0.25) is 29.5 Å². The van der Waals surface area contributed by atoms with Gasteiger partial charge in [-0.3, -0.25) is 24.0 Å². The van der Waals surface area contributed by atoms with Crippen LogP contribution in [0.4, 0.5) is 0 Å². The van der Waals surface area contributed by atoms with E-state index in [2.05, 4.69) is 10.6 Å². The lowest BCUT2D eigenvalue weighted by Crippen LogP contribution is -2.54. The lowest BCUT2D eigenvalue weighted by Gasteiger charge is -2.35. The van der Waals surface area contributed by atoms with Gasteiger partial charge >= 0.3 is 0 Å². The molecule has 4 aliphatic heterocycles. The van der Waals surface area contributed by atoms with Crippen LogP contribution in [0.1, 0.15) is 39.5 Å². The molecule has 0 aromatic carbocycles. The first-order valence-electron chi connectivity index (χ1n) is 10.7. The molecule has 4 rings (SSSR count). The van der Waals surface area contributed by atoms with E-state index in [1.165, 1.54) is 18.7 Å². The zero-order valence-electron chi connectivity index (χ0n) is 17.4. The highest BCUT2D eigenvalue weighted by molar-refractivity contribution is 5.97. The van der Waals surface area contributed by atoms with Gasteiger partial charge in [0.1, 0.15) is 12.1 Å². The molecule has 5 amide bonds. The van der Waals surface area contributed by atoms with Crippen LogP contribution >= 0.6 is 0 Å². The van der Waals surface area contributed by atoms with Gasteiger partial charge in [-0.15, -0.1) is 0 Å². The van der Waals surface area contributed by atoms with E-state index < -0.39 is 12.1 Å². The number of hydrogen-bond donors (Lipinski definition) is 2. The molecule has 0 saturated carbocycles. The summed E-state index contributed by atoms with van der Waals surface area (Å²) in [4.78, 5) is 67.2. The highest BCUT2D eigenvalue weighted by atomic mass is 16.2. The fraction of sp³-hybridized carbons (Fsp3) is 0.750. The summed E-state index contributed by atoms with van der Waals surface area (Å²) in [5.74, 6) is -0.900. The third-order valence-electron chi connectivity index (χ3n) is 6.85. The van der Waals surface area contributed by atoms with Gasteiger partial charge in [-0.2, -0.15) is 0 Å². The van der Waals surface area contributed by atoms with E-state index >= 15 is 0 Å². The molecule has 4 unspecified atom stereocenters. The Morgan fingerprint density at radius 1 is 1.03 bits per heavy atom. The predicted molar refractivity (Wildman–Crippen MR) is 105 cm³/mol. The Morgan fingerprint density at radius 3 is 2.37 bits per heavy atom. The number of nitrogens with zero attached hydrogens (tertiary/aromatic N) is 3. The van der Waals surface area contributed by atoms with Crippen molar-refractivity contribution in [2.75, 3.05) is 26.2 Å². The molecule has 2 N–H and O–H groups in total. The van der Waals surface area contributed by atoms with E-state index in [1.54, 1.807) is 9.80 Å². The molecule has 0 bridgehead atoms. The summed E-state index contributed by atoms with van der Waals surface area (Å²) in [6, 6.07) is -1.96. The van der Waals surface area contributed by atoms with Crippen molar-refractivity contribution in [3.63, 3.8) is 0 Å². The number of carbonyl (C=O) groups excluding carboxylic acids is 5. The topological polar surface area (TPSA) is 119 Å². The van der Waals surface area contributed by atoms with Gasteiger partial charge in [-0.05, 0) is 25.7 Å². The lowest BCUT2D eigenvalue weighted by molar-refractivity contribution is -0.148. The maximum absolute atomic E-state index is 13.4. The number of carbonyl (C=O) groups is 5. The summed E-state index contributed by atoms with van der Waals surface area (Å²) in [7, 11) is 0. The van der Waals surface area contributed by atoms with Crippen LogP contribution in [0.25, 0.3) is 0 Å². The van der Waals surface area contributed by atoms with Gasteiger partial charge in [0.25, 0.3) is 0 Å². The fourth-order valence-corrected chi connectivity index (χ4v) is 5.34. The molecule has 4 heterocycles. The molecule has 10 heteroatoms. The normalized spacial score (nSPS) is 31.7. The second kappa shape index (κ2) is 7.88. The van der Waals surface area contributed by atoms with E-state index in [0.717, 1.165) is 0 Å². The molecule has 0 aromatic heterocycles. The highest BCUT2D eigenvalue weighted by Gasteiger charge is 2.53. The average Bonchev–Trinajstić information content (AvgIpc) is 3.28. The number of nitrogens with one attached hydrogen (secondary N) is 2. The first kappa shape index (κ1) is 20.6. The number of likely N-dealkylation sites (tertiary alicyclic amines) is 2. The standard InChI is InChI=1S/C20H29N5O5/c1-11(26)21-14-9-16-18(28)22-15-5-8-24(17(15)20(30)25(16)10-14)19(29)13-3-6-23(7-4-13)12(2)27/h13-17H,3-10H2,1-2H3,(H,21,26)(H,22,28). The van der Waals surface area contributed by atoms with Crippen LogP contribution in [-0.4, -0.2) is 94.6 Å². The third-order valence-corrected chi connectivity index (χ3v) is 6.85. The molecular weight excluding hydrogens is 390 g/mol. The second-order valence-corrected chi connectivity index (χ2v) is 8.80. The highest BCUT2D eigenvalue weighted by Crippen LogP contribution is 2.31. The van der Waals surface area contributed by atoms with E-state index in [9.17, 15) is 24.0 Å². The summed E-state index contributed by atoms with van der Waals surface area (Å²) in [6.45, 7) is 4.74. The second-order valence-electron chi connectivity index (χ2n) is 8.80. The maximum Gasteiger partial charge on any atom is 0.248 e. The molecule has 4 fully saturated rings. The van der Waals surface area contributed by atoms with Crippen LogP contribution in [0.3, 0.4) is 0 Å². The van der Waals surface area contributed by atoms with Crippen molar-refractivity contribution in [1.29, 1.82) is 0 Å². The van der Waals surface area contributed by atoms with Crippen molar-refractivity contribution >= 4 is 29.5 Å². The molecule has 4 atom stereocenters. The molecule has 10 nitrogen and oxygen atoms in total. The monoisotopic (exact) mass is 419 g/mol. The average molecular weight is 419 g/mol. The quantitative estimate of drug-likeness (QED) is 0.562. The molecule has 30 heavy (non-hydrogen) atoms. The van der Waals surface area contributed by atoms with Gasteiger partial charge in [-0.25, -0.2) is 0 Å². The minimum atomic E-state index is -0.701. The fourth-order valence-electron chi connectivity index (χ4n) is 5.34.